The van der Waals surface area contributed by atoms with Crippen LogP contribution in [0.3, 0.4) is 0 Å². The normalized spacial score (nSPS) is 11.3. The maximum atomic E-state index is 12.5. The van der Waals surface area contributed by atoms with Crippen molar-refractivity contribution in [2.45, 2.75) is 26.3 Å². The van der Waals surface area contributed by atoms with E-state index in [1.165, 1.54) is 12.1 Å². The summed E-state index contributed by atoms with van der Waals surface area (Å²) in [6.45, 7) is 2.25. The topological polar surface area (TPSA) is 69.6 Å². The Morgan fingerprint density at radius 3 is 2.47 bits per heavy atom. The van der Waals surface area contributed by atoms with E-state index < -0.39 is 12.3 Å². The van der Waals surface area contributed by atoms with Crippen LogP contribution in [-0.4, -0.2) is 23.4 Å². The van der Waals surface area contributed by atoms with Crippen molar-refractivity contribution < 1.29 is 27.4 Å². The summed E-state index contributed by atoms with van der Waals surface area (Å²) in [6, 6.07) is 11.5. The highest BCUT2D eigenvalue weighted by Gasteiger charge is 2.30. The number of pyridine rings is 1. The Labute approximate surface area is 169 Å². The van der Waals surface area contributed by atoms with Crippen molar-refractivity contribution in [2.24, 2.45) is 0 Å². The van der Waals surface area contributed by atoms with E-state index in [9.17, 15) is 22.8 Å². The number of aryl methyl sites for hydroxylation is 1. The van der Waals surface area contributed by atoms with Crippen molar-refractivity contribution in [1.82, 2.24) is 4.57 Å². The molecule has 0 aliphatic carbocycles. The largest absolute Gasteiger partial charge is 0.573 e. The number of ether oxygens (including phenoxy) is 2. The molecule has 0 aliphatic rings. The van der Waals surface area contributed by atoms with Crippen LogP contribution in [0.1, 0.15) is 13.3 Å². The van der Waals surface area contributed by atoms with E-state index in [1.807, 2.05) is 6.92 Å². The molecule has 0 spiro atoms. The number of anilines is 1. The molecular weight excluding hydrogens is 401 g/mol. The van der Waals surface area contributed by atoms with Gasteiger partial charge in [-0.3, -0.25) is 9.59 Å². The van der Waals surface area contributed by atoms with Crippen molar-refractivity contribution in [3.8, 4) is 11.5 Å². The van der Waals surface area contributed by atoms with Gasteiger partial charge in [0.2, 0.25) is 0 Å². The zero-order chi connectivity index (χ0) is 21.7. The van der Waals surface area contributed by atoms with E-state index in [0.717, 1.165) is 18.6 Å². The third-order valence-corrected chi connectivity index (χ3v) is 4.17. The molecule has 1 amide bonds. The number of carbonyl (C=O) groups is 1. The van der Waals surface area contributed by atoms with Crippen molar-refractivity contribution in [3.05, 3.63) is 65.1 Å². The van der Waals surface area contributed by atoms with E-state index in [2.05, 4.69) is 10.1 Å². The maximum absolute atomic E-state index is 12.5. The van der Waals surface area contributed by atoms with Crippen LogP contribution in [0.25, 0.3) is 10.8 Å². The number of benzene rings is 2. The molecule has 1 N–H and O–H groups in total. The third-order valence-electron chi connectivity index (χ3n) is 4.17. The zero-order valence-corrected chi connectivity index (χ0v) is 16.0. The van der Waals surface area contributed by atoms with E-state index >= 15 is 0 Å². The number of carbonyl (C=O) groups excluding carboxylic acids is 1. The molecule has 0 radical (unpaired) electrons. The summed E-state index contributed by atoms with van der Waals surface area (Å²) in [5, 5.41) is 3.60. The lowest BCUT2D eigenvalue weighted by Crippen LogP contribution is -2.21. The number of rotatable bonds is 7. The minimum Gasteiger partial charge on any atom is -0.483 e. The lowest BCUT2D eigenvalue weighted by atomic mass is 10.1. The Bertz CT molecular complexity index is 1090. The number of hydrogen-bond donors (Lipinski definition) is 1. The Morgan fingerprint density at radius 2 is 1.80 bits per heavy atom. The number of amides is 1. The average molecular weight is 420 g/mol. The summed E-state index contributed by atoms with van der Waals surface area (Å²) in [5.74, 6) is -0.505. The summed E-state index contributed by atoms with van der Waals surface area (Å²) >= 11 is 0. The molecule has 3 aromatic rings. The fourth-order valence-electron chi connectivity index (χ4n) is 2.91. The van der Waals surface area contributed by atoms with Gasteiger partial charge in [0, 0.05) is 23.8 Å². The molecule has 0 aliphatic heterocycles. The van der Waals surface area contributed by atoms with Crippen LogP contribution in [-0.2, 0) is 11.3 Å². The van der Waals surface area contributed by atoms with Gasteiger partial charge in [0.05, 0.1) is 5.39 Å². The van der Waals surface area contributed by atoms with Gasteiger partial charge in [0.15, 0.2) is 6.61 Å². The molecule has 0 bridgehead atoms. The highest BCUT2D eigenvalue weighted by Crippen LogP contribution is 2.25. The Balaban J connectivity index is 1.65. The summed E-state index contributed by atoms with van der Waals surface area (Å²) in [4.78, 5) is 24.6. The molecule has 0 saturated heterocycles. The summed E-state index contributed by atoms with van der Waals surface area (Å²) in [7, 11) is 0. The summed E-state index contributed by atoms with van der Waals surface area (Å²) in [6.07, 6.45) is -2.27. The Kier molecular flexibility index (Phi) is 6.29. The third kappa shape index (κ3) is 5.31. The summed E-state index contributed by atoms with van der Waals surface area (Å²) in [5.41, 5.74) is 0.156. The van der Waals surface area contributed by atoms with Crippen molar-refractivity contribution in [1.29, 1.82) is 0 Å². The molecule has 158 valence electrons. The van der Waals surface area contributed by atoms with Gasteiger partial charge in [-0.1, -0.05) is 13.0 Å². The highest BCUT2D eigenvalue weighted by atomic mass is 19.4. The summed E-state index contributed by atoms with van der Waals surface area (Å²) < 4.78 is 47.5. The standard InChI is InChI=1S/C21H19F3N2O4/c1-2-11-26-12-10-16-17(20(26)28)4-3-5-18(16)29-13-19(27)25-14-6-8-15(9-7-14)30-21(22,23)24/h3-10,12H,2,11,13H2,1H3,(H,25,27). The maximum Gasteiger partial charge on any atom is 0.573 e. The molecule has 1 heterocycles. The molecule has 0 unspecified atom stereocenters. The van der Waals surface area contributed by atoms with Crippen LogP contribution in [0.2, 0.25) is 0 Å². The van der Waals surface area contributed by atoms with Crippen molar-refractivity contribution in [3.63, 3.8) is 0 Å². The molecule has 30 heavy (non-hydrogen) atoms. The predicted octanol–water partition coefficient (Wildman–Crippen LogP) is 4.33. The van der Waals surface area contributed by atoms with Gasteiger partial charge in [0.1, 0.15) is 11.5 Å². The number of nitrogens with one attached hydrogen (secondary N) is 1. The quantitative estimate of drug-likeness (QED) is 0.618. The van der Waals surface area contributed by atoms with Crippen molar-refractivity contribution >= 4 is 22.4 Å². The zero-order valence-electron chi connectivity index (χ0n) is 16.0. The van der Waals surface area contributed by atoms with Crippen LogP contribution in [0.4, 0.5) is 18.9 Å². The predicted molar refractivity (Wildman–Crippen MR) is 106 cm³/mol. The molecule has 1 aromatic heterocycles. The smallest absolute Gasteiger partial charge is 0.483 e. The second-order valence-corrected chi connectivity index (χ2v) is 6.44. The van der Waals surface area contributed by atoms with Gasteiger partial charge in [-0.15, -0.1) is 13.2 Å². The highest BCUT2D eigenvalue weighted by molar-refractivity contribution is 5.92. The molecule has 0 saturated carbocycles. The first-order valence-corrected chi connectivity index (χ1v) is 9.17. The first kappa shape index (κ1) is 21.2. The van der Waals surface area contributed by atoms with Gasteiger partial charge in [0.25, 0.3) is 11.5 Å². The molecule has 2 aromatic carbocycles. The van der Waals surface area contributed by atoms with Crippen LogP contribution >= 0.6 is 0 Å². The van der Waals surface area contributed by atoms with Gasteiger partial charge < -0.3 is 19.4 Å². The van der Waals surface area contributed by atoms with Gasteiger partial charge >= 0.3 is 6.36 Å². The van der Waals surface area contributed by atoms with E-state index in [0.29, 0.717) is 28.8 Å². The van der Waals surface area contributed by atoms with Crippen LogP contribution in [0.5, 0.6) is 11.5 Å². The first-order valence-electron chi connectivity index (χ1n) is 9.17. The average Bonchev–Trinajstić information content (AvgIpc) is 2.69. The van der Waals surface area contributed by atoms with E-state index in [-0.39, 0.29) is 17.9 Å². The van der Waals surface area contributed by atoms with Crippen LogP contribution in [0, 0.1) is 0 Å². The van der Waals surface area contributed by atoms with Crippen LogP contribution in [0.15, 0.2) is 59.5 Å². The molecule has 9 heteroatoms. The molecule has 6 nitrogen and oxygen atoms in total. The van der Waals surface area contributed by atoms with Crippen LogP contribution < -0.4 is 20.3 Å². The lowest BCUT2D eigenvalue weighted by Gasteiger charge is -2.12. The number of alkyl halides is 3. The van der Waals surface area contributed by atoms with Gasteiger partial charge in [-0.05, 0) is 48.9 Å². The number of hydrogen-bond acceptors (Lipinski definition) is 4. The minimum absolute atomic E-state index is 0.134. The van der Waals surface area contributed by atoms with E-state index in [1.54, 1.807) is 35.0 Å². The second kappa shape index (κ2) is 8.89. The first-order chi connectivity index (χ1) is 14.3. The molecule has 3 rings (SSSR count). The van der Waals surface area contributed by atoms with Gasteiger partial charge in [-0.2, -0.15) is 0 Å². The van der Waals surface area contributed by atoms with E-state index in [4.69, 9.17) is 4.74 Å². The number of fused-ring (bicyclic) bond motifs is 1. The molecule has 0 atom stereocenters. The Morgan fingerprint density at radius 1 is 1.07 bits per heavy atom. The second-order valence-electron chi connectivity index (χ2n) is 6.44. The molecular formula is C21H19F3N2O4. The Hall–Kier alpha value is -3.49. The number of nitrogens with zero attached hydrogens (tertiary/aromatic N) is 1. The SMILES string of the molecule is CCCn1ccc2c(OCC(=O)Nc3ccc(OC(F)(F)F)cc3)cccc2c1=O. The monoisotopic (exact) mass is 420 g/mol. The van der Waals surface area contributed by atoms with Crippen molar-refractivity contribution in [2.75, 3.05) is 11.9 Å². The fourth-order valence-corrected chi connectivity index (χ4v) is 2.91. The number of halogens is 3. The van der Waals surface area contributed by atoms with Gasteiger partial charge in [-0.25, -0.2) is 0 Å². The number of aromatic nitrogens is 1. The minimum atomic E-state index is -4.78. The lowest BCUT2D eigenvalue weighted by molar-refractivity contribution is -0.274. The fraction of sp³-hybridized carbons (Fsp3) is 0.238. The molecule has 0 fully saturated rings.